The zero-order valence-corrected chi connectivity index (χ0v) is 15.6. The fourth-order valence-corrected chi connectivity index (χ4v) is 3.70. The highest BCUT2D eigenvalue weighted by Gasteiger charge is 2.37. The van der Waals surface area contributed by atoms with Gasteiger partial charge in [0.25, 0.3) is 0 Å². The molecule has 1 saturated heterocycles. The standard InChI is InChI=1S/C19H24N4O2.ClH/c20-19(9-4-10-19)13-16(24)23-11-7-15(8-12-23)18-21-17(22-25-18)14-5-2-1-3-6-14;/h1-3,5-6,15H,4,7-13,20H2;1H. The van der Waals surface area contributed by atoms with Gasteiger partial charge < -0.3 is 15.2 Å². The van der Waals surface area contributed by atoms with Gasteiger partial charge in [-0.15, -0.1) is 12.4 Å². The fourth-order valence-electron chi connectivity index (χ4n) is 3.70. The average Bonchev–Trinajstić information content (AvgIpc) is 3.11. The molecule has 2 heterocycles. The van der Waals surface area contributed by atoms with Gasteiger partial charge in [0.1, 0.15) is 0 Å². The van der Waals surface area contributed by atoms with E-state index < -0.39 is 0 Å². The molecule has 26 heavy (non-hydrogen) atoms. The van der Waals surface area contributed by atoms with E-state index in [2.05, 4.69) is 10.1 Å². The third kappa shape index (κ3) is 3.91. The highest BCUT2D eigenvalue weighted by Crippen LogP contribution is 2.34. The second-order valence-corrected chi connectivity index (χ2v) is 7.37. The van der Waals surface area contributed by atoms with Crippen LogP contribution in [-0.4, -0.2) is 39.6 Å². The van der Waals surface area contributed by atoms with Crippen molar-refractivity contribution in [1.29, 1.82) is 0 Å². The number of carbonyl (C=O) groups excluding carboxylic acids is 1. The molecule has 1 aromatic carbocycles. The Kier molecular flexibility index (Phi) is 5.63. The molecule has 7 heteroatoms. The number of nitrogens with zero attached hydrogens (tertiary/aromatic N) is 3. The smallest absolute Gasteiger partial charge is 0.230 e. The van der Waals surface area contributed by atoms with Crippen molar-refractivity contribution < 1.29 is 9.32 Å². The van der Waals surface area contributed by atoms with Gasteiger partial charge in [-0.25, -0.2) is 0 Å². The van der Waals surface area contributed by atoms with E-state index in [1.807, 2.05) is 35.2 Å². The molecule has 0 radical (unpaired) electrons. The van der Waals surface area contributed by atoms with E-state index in [1.165, 1.54) is 0 Å². The van der Waals surface area contributed by atoms with Gasteiger partial charge in [-0.3, -0.25) is 4.79 Å². The Morgan fingerprint density at radius 1 is 1.23 bits per heavy atom. The summed E-state index contributed by atoms with van der Waals surface area (Å²) in [5.41, 5.74) is 6.92. The van der Waals surface area contributed by atoms with Crippen LogP contribution in [0.25, 0.3) is 11.4 Å². The summed E-state index contributed by atoms with van der Waals surface area (Å²) in [4.78, 5) is 18.9. The topological polar surface area (TPSA) is 85.3 Å². The van der Waals surface area contributed by atoms with Gasteiger partial charge in [-0.1, -0.05) is 35.5 Å². The number of amides is 1. The summed E-state index contributed by atoms with van der Waals surface area (Å²) in [7, 11) is 0. The van der Waals surface area contributed by atoms with Crippen molar-refractivity contribution in [3.05, 3.63) is 36.2 Å². The molecule has 2 aromatic rings. The number of likely N-dealkylation sites (tertiary alicyclic amines) is 1. The van der Waals surface area contributed by atoms with E-state index in [0.717, 1.165) is 50.8 Å². The van der Waals surface area contributed by atoms with Crippen molar-refractivity contribution in [2.75, 3.05) is 13.1 Å². The minimum atomic E-state index is -0.245. The van der Waals surface area contributed by atoms with Crippen molar-refractivity contribution in [2.24, 2.45) is 5.73 Å². The summed E-state index contributed by atoms with van der Waals surface area (Å²) in [6.45, 7) is 1.48. The van der Waals surface area contributed by atoms with Crippen molar-refractivity contribution in [2.45, 2.75) is 50.0 Å². The molecule has 2 N–H and O–H groups in total. The highest BCUT2D eigenvalue weighted by atomic mass is 35.5. The number of rotatable bonds is 4. The molecule has 0 bridgehead atoms. The molecule has 1 aliphatic carbocycles. The molecular weight excluding hydrogens is 352 g/mol. The number of carbonyl (C=O) groups is 1. The van der Waals surface area contributed by atoms with Crippen LogP contribution in [0.1, 0.15) is 50.3 Å². The van der Waals surface area contributed by atoms with Gasteiger partial charge in [-0.05, 0) is 32.1 Å². The lowest BCUT2D eigenvalue weighted by molar-refractivity contribution is -0.134. The Balaban J connectivity index is 0.00000196. The Bertz CT molecular complexity index is 737. The van der Waals surface area contributed by atoms with Crippen LogP contribution in [0.5, 0.6) is 0 Å². The van der Waals surface area contributed by atoms with Crippen molar-refractivity contribution in [3.8, 4) is 11.4 Å². The van der Waals surface area contributed by atoms with E-state index in [-0.39, 0.29) is 29.8 Å². The number of piperidine rings is 1. The predicted octanol–water partition coefficient (Wildman–Crippen LogP) is 3.14. The first-order chi connectivity index (χ1) is 12.1. The lowest BCUT2D eigenvalue weighted by Gasteiger charge is -2.40. The van der Waals surface area contributed by atoms with Crippen LogP contribution >= 0.6 is 12.4 Å². The summed E-state index contributed by atoms with van der Waals surface area (Å²) in [6.07, 6.45) is 5.29. The molecule has 1 saturated carbocycles. The summed E-state index contributed by atoms with van der Waals surface area (Å²) in [5.74, 6) is 1.73. The van der Waals surface area contributed by atoms with Crippen LogP contribution in [0.2, 0.25) is 0 Å². The zero-order chi connectivity index (χ0) is 17.3. The van der Waals surface area contributed by atoms with Crippen molar-refractivity contribution in [3.63, 3.8) is 0 Å². The second-order valence-electron chi connectivity index (χ2n) is 7.37. The number of hydrogen-bond acceptors (Lipinski definition) is 5. The summed E-state index contributed by atoms with van der Waals surface area (Å²) < 4.78 is 5.48. The fraction of sp³-hybridized carbons (Fsp3) is 0.526. The lowest BCUT2D eigenvalue weighted by Crippen LogP contribution is -2.51. The molecule has 4 rings (SSSR count). The zero-order valence-electron chi connectivity index (χ0n) is 14.8. The van der Waals surface area contributed by atoms with E-state index >= 15 is 0 Å². The number of hydrogen-bond donors (Lipinski definition) is 1. The van der Waals surface area contributed by atoms with Crippen LogP contribution < -0.4 is 5.73 Å². The maximum Gasteiger partial charge on any atom is 0.230 e. The third-order valence-corrected chi connectivity index (χ3v) is 5.52. The monoisotopic (exact) mass is 376 g/mol. The third-order valence-electron chi connectivity index (χ3n) is 5.52. The largest absolute Gasteiger partial charge is 0.343 e. The molecule has 1 amide bonds. The first-order valence-corrected chi connectivity index (χ1v) is 9.09. The van der Waals surface area contributed by atoms with E-state index in [1.54, 1.807) is 0 Å². The average molecular weight is 377 g/mol. The number of nitrogens with two attached hydrogens (primary N) is 1. The number of aromatic nitrogens is 2. The predicted molar refractivity (Wildman–Crippen MR) is 101 cm³/mol. The molecular formula is C19H25ClN4O2. The van der Waals surface area contributed by atoms with Crippen LogP contribution in [0.3, 0.4) is 0 Å². The molecule has 0 atom stereocenters. The van der Waals surface area contributed by atoms with Crippen molar-refractivity contribution >= 4 is 18.3 Å². The Labute approximate surface area is 159 Å². The van der Waals surface area contributed by atoms with Gasteiger partial charge >= 0.3 is 0 Å². The number of benzene rings is 1. The minimum absolute atomic E-state index is 0. The SMILES string of the molecule is Cl.NC1(CC(=O)N2CCC(c3nc(-c4ccccc4)no3)CC2)CCC1. The first kappa shape index (κ1) is 18.9. The molecule has 6 nitrogen and oxygen atoms in total. The van der Waals surface area contributed by atoms with Gasteiger partial charge in [0.2, 0.25) is 17.6 Å². The molecule has 1 aromatic heterocycles. The van der Waals surface area contributed by atoms with E-state index in [4.69, 9.17) is 10.3 Å². The first-order valence-electron chi connectivity index (χ1n) is 9.09. The van der Waals surface area contributed by atoms with Gasteiger partial charge in [0, 0.05) is 36.5 Å². The van der Waals surface area contributed by atoms with E-state index in [9.17, 15) is 4.79 Å². The maximum atomic E-state index is 12.4. The Morgan fingerprint density at radius 2 is 1.92 bits per heavy atom. The number of halogens is 1. The molecule has 0 spiro atoms. The van der Waals surface area contributed by atoms with Gasteiger partial charge in [0.15, 0.2) is 0 Å². The minimum Gasteiger partial charge on any atom is -0.343 e. The molecule has 1 aliphatic heterocycles. The van der Waals surface area contributed by atoms with Crippen LogP contribution in [0.15, 0.2) is 34.9 Å². The van der Waals surface area contributed by atoms with E-state index in [0.29, 0.717) is 18.1 Å². The molecule has 140 valence electrons. The summed E-state index contributed by atoms with van der Waals surface area (Å²) in [5, 5.41) is 4.10. The second kappa shape index (κ2) is 7.76. The molecule has 2 aliphatic rings. The normalized spacial score (nSPS) is 19.5. The van der Waals surface area contributed by atoms with Crippen LogP contribution in [-0.2, 0) is 4.79 Å². The highest BCUT2D eigenvalue weighted by molar-refractivity contribution is 5.85. The Morgan fingerprint density at radius 3 is 2.54 bits per heavy atom. The quantitative estimate of drug-likeness (QED) is 0.885. The van der Waals surface area contributed by atoms with Crippen LogP contribution in [0.4, 0.5) is 0 Å². The Hall–Kier alpha value is -1.92. The summed E-state index contributed by atoms with van der Waals surface area (Å²) >= 11 is 0. The molecule has 2 fully saturated rings. The maximum absolute atomic E-state index is 12.4. The summed E-state index contributed by atoms with van der Waals surface area (Å²) in [6, 6.07) is 9.83. The van der Waals surface area contributed by atoms with Gasteiger partial charge in [0.05, 0.1) is 0 Å². The van der Waals surface area contributed by atoms with Crippen LogP contribution in [0, 0.1) is 0 Å². The molecule has 0 unspecified atom stereocenters. The lowest BCUT2D eigenvalue weighted by atomic mass is 9.75. The van der Waals surface area contributed by atoms with Crippen molar-refractivity contribution in [1.82, 2.24) is 15.0 Å². The van der Waals surface area contributed by atoms with Gasteiger partial charge in [-0.2, -0.15) is 4.98 Å².